The van der Waals surface area contributed by atoms with Crippen LogP contribution < -0.4 is 11.1 Å². The van der Waals surface area contributed by atoms with E-state index in [-0.39, 0.29) is 22.9 Å². The summed E-state index contributed by atoms with van der Waals surface area (Å²) >= 11 is 11.8. The summed E-state index contributed by atoms with van der Waals surface area (Å²) in [6, 6.07) is 7.52. The van der Waals surface area contributed by atoms with Crippen molar-refractivity contribution in [3.8, 4) is 0 Å². The Morgan fingerprint density at radius 1 is 1.29 bits per heavy atom. The molecular formula is C15H13Cl2FN2O. The van der Waals surface area contributed by atoms with Gasteiger partial charge in [0.2, 0.25) is 5.91 Å². The van der Waals surface area contributed by atoms with Gasteiger partial charge in [0, 0.05) is 16.3 Å². The Morgan fingerprint density at radius 2 is 2.00 bits per heavy atom. The van der Waals surface area contributed by atoms with Crippen LogP contribution in [0.25, 0.3) is 0 Å². The van der Waals surface area contributed by atoms with Gasteiger partial charge < -0.3 is 11.1 Å². The number of benzene rings is 2. The third-order valence-corrected chi connectivity index (χ3v) is 3.70. The molecule has 0 spiro atoms. The quantitative estimate of drug-likeness (QED) is 0.830. The topological polar surface area (TPSA) is 55.1 Å². The molecule has 0 heterocycles. The molecule has 0 aliphatic carbocycles. The summed E-state index contributed by atoms with van der Waals surface area (Å²) < 4.78 is 13.6. The highest BCUT2D eigenvalue weighted by atomic mass is 35.5. The molecule has 110 valence electrons. The number of rotatable bonds is 3. The molecular weight excluding hydrogens is 314 g/mol. The van der Waals surface area contributed by atoms with Crippen LogP contribution in [0.2, 0.25) is 10.0 Å². The zero-order valence-corrected chi connectivity index (χ0v) is 12.7. The lowest BCUT2D eigenvalue weighted by Crippen LogP contribution is -2.16. The summed E-state index contributed by atoms with van der Waals surface area (Å²) in [6.45, 7) is 1.79. The molecule has 0 saturated heterocycles. The third kappa shape index (κ3) is 3.65. The van der Waals surface area contributed by atoms with E-state index in [1.807, 2.05) is 0 Å². The molecule has 2 aromatic carbocycles. The molecule has 0 radical (unpaired) electrons. The van der Waals surface area contributed by atoms with Crippen molar-refractivity contribution >= 4 is 40.5 Å². The van der Waals surface area contributed by atoms with Gasteiger partial charge in [0.05, 0.1) is 17.1 Å². The summed E-state index contributed by atoms with van der Waals surface area (Å²) in [6.07, 6.45) is -0.160. The Labute approximate surface area is 131 Å². The molecule has 6 heteroatoms. The van der Waals surface area contributed by atoms with Crippen LogP contribution in [-0.4, -0.2) is 5.91 Å². The van der Waals surface area contributed by atoms with Crippen LogP contribution >= 0.6 is 23.2 Å². The van der Waals surface area contributed by atoms with Crippen LogP contribution in [0.5, 0.6) is 0 Å². The van der Waals surface area contributed by atoms with E-state index in [0.717, 1.165) is 5.56 Å². The Kier molecular flexibility index (Phi) is 4.70. The summed E-state index contributed by atoms with van der Waals surface area (Å²) in [4.78, 5) is 12.0. The zero-order chi connectivity index (χ0) is 15.6. The molecule has 3 nitrogen and oxygen atoms in total. The van der Waals surface area contributed by atoms with Gasteiger partial charge >= 0.3 is 0 Å². The lowest BCUT2D eigenvalue weighted by Gasteiger charge is -2.11. The normalized spacial score (nSPS) is 10.5. The second-order valence-corrected chi connectivity index (χ2v) is 5.43. The maximum absolute atomic E-state index is 13.6. The second kappa shape index (κ2) is 6.33. The molecule has 1 amide bonds. The van der Waals surface area contributed by atoms with Crippen molar-refractivity contribution in [2.24, 2.45) is 0 Å². The average Bonchev–Trinajstić information content (AvgIpc) is 2.40. The minimum Gasteiger partial charge on any atom is -0.398 e. The van der Waals surface area contributed by atoms with Crippen LogP contribution in [0.4, 0.5) is 15.8 Å². The number of halogens is 3. The van der Waals surface area contributed by atoms with Gasteiger partial charge in [0.15, 0.2) is 0 Å². The standard InChI is InChI=1S/C15H13Cl2FN2O/c1-8-5-13(19)11(17)7-14(8)20-15(21)6-9-10(16)3-2-4-12(9)18/h2-5,7H,6,19H2,1H3,(H,20,21). The number of carbonyl (C=O) groups is 1. The third-order valence-electron chi connectivity index (χ3n) is 3.02. The zero-order valence-electron chi connectivity index (χ0n) is 11.2. The second-order valence-electron chi connectivity index (χ2n) is 4.61. The van der Waals surface area contributed by atoms with Crippen molar-refractivity contribution in [3.63, 3.8) is 0 Å². The van der Waals surface area contributed by atoms with Crippen LogP contribution in [-0.2, 0) is 11.2 Å². The molecule has 2 rings (SSSR count). The van der Waals surface area contributed by atoms with Gasteiger partial charge in [0.25, 0.3) is 0 Å². The summed E-state index contributed by atoms with van der Waals surface area (Å²) in [5, 5.41) is 3.24. The fourth-order valence-corrected chi connectivity index (χ4v) is 2.29. The van der Waals surface area contributed by atoms with E-state index in [1.54, 1.807) is 25.1 Å². The molecule has 0 unspecified atom stereocenters. The first-order valence-corrected chi connectivity index (χ1v) is 6.92. The SMILES string of the molecule is Cc1cc(N)c(Cl)cc1NC(=O)Cc1c(F)cccc1Cl. The number of amides is 1. The van der Waals surface area contributed by atoms with Crippen LogP contribution in [0, 0.1) is 12.7 Å². The first kappa shape index (κ1) is 15.6. The molecule has 0 aliphatic rings. The van der Waals surface area contributed by atoms with E-state index in [0.29, 0.717) is 16.4 Å². The number of nitrogens with two attached hydrogens (primary N) is 1. The molecule has 0 bridgehead atoms. The number of aryl methyl sites for hydroxylation is 1. The smallest absolute Gasteiger partial charge is 0.228 e. The van der Waals surface area contributed by atoms with Crippen LogP contribution in [0.15, 0.2) is 30.3 Å². The van der Waals surface area contributed by atoms with Crippen molar-refractivity contribution in [2.45, 2.75) is 13.3 Å². The Bertz CT molecular complexity index is 684. The fourth-order valence-electron chi connectivity index (χ4n) is 1.89. The Morgan fingerprint density at radius 3 is 2.67 bits per heavy atom. The van der Waals surface area contributed by atoms with Gasteiger partial charge in [-0.3, -0.25) is 4.79 Å². The average molecular weight is 327 g/mol. The van der Waals surface area contributed by atoms with E-state index in [4.69, 9.17) is 28.9 Å². The van der Waals surface area contributed by atoms with E-state index < -0.39 is 5.82 Å². The van der Waals surface area contributed by atoms with Gasteiger partial charge in [-0.25, -0.2) is 4.39 Å². The predicted octanol–water partition coefficient (Wildman–Crippen LogP) is 4.20. The van der Waals surface area contributed by atoms with Crippen molar-refractivity contribution in [1.29, 1.82) is 0 Å². The van der Waals surface area contributed by atoms with E-state index >= 15 is 0 Å². The maximum atomic E-state index is 13.6. The highest BCUT2D eigenvalue weighted by Gasteiger charge is 2.13. The number of nitrogens with one attached hydrogen (secondary N) is 1. The lowest BCUT2D eigenvalue weighted by atomic mass is 10.1. The minimum atomic E-state index is -0.510. The molecule has 0 aliphatic heterocycles. The van der Waals surface area contributed by atoms with E-state index in [1.165, 1.54) is 12.1 Å². The summed E-state index contributed by atoms with van der Waals surface area (Å²) in [5.41, 5.74) is 7.57. The van der Waals surface area contributed by atoms with Crippen molar-refractivity contribution in [2.75, 3.05) is 11.1 Å². The van der Waals surface area contributed by atoms with Gasteiger partial charge in [-0.15, -0.1) is 0 Å². The van der Waals surface area contributed by atoms with Gasteiger partial charge in [-0.2, -0.15) is 0 Å². The monoisotopic (exact) mass is 326 g/mol. The van der Waals surface area contributed by atoms with Gasteiger partial charge in [0.1, 0.15) is 5.82 Å². The molecule has 3 N–H and O–H groups in total. The van der Waals surface area contributed by atoms with E-state index in [9.17, 15) is 9.18 Å². The number of anilines is 2. The molecule has 0 aromatic heterocycles. The van der Waals surface area contributed by atoms with Crippen molar-refractivity contribution in [3.05, 3.63) is 57.3 Å². The predicted molar refractivity (Wildman–Crippen MR) is 84.3 cm³/mol. The van der Waals surface area contributed by atoms with Gasteiger partial charge in [-0.1, -0.05) is 29.3 Å². The van der Waals surface area contributed by atoms with Crippen molar-refractivity contribution in [1.82, 2.24) is 0 Å². The number of carbonyl (C=O) groups excluding carboxylic acids is 1. The Hall–Kier alpha value is -1.78. The lowest BCUT2D eigenvalue weighted by molar-refractivity contribution is -0.115. The summed E-state index contributed by atoms with van der Waals surface area (Å²) in [5.74, 6) is -0.893. The first-order chi connectivity index (χ1) is 9.88. The Balaban J connectivity index is 2.18. The molecule has 0 saturated carbocycles. The first-order valence-electron chi connectivity index (χ1n) is 6.17. The minimum absolute atomic E-state index is 0.160. The molecule has 21 heavy (non-hydrogen) atoms. The molecule has 2 aromatic rings. The van der Waals surface area contributed by atoms with Crippen molar-refractivity contribution < 1.29 is 9.18 Å². The number of hydrogen-bond donors (Lipinski definition) is 2. The number of nitrogen functional groups attached to an aromatic ring is 1. The van der Waals surface area contributed by atoms with Gasteiger partial charge in [-0.05, 0) is 36.8 Å². The number of hydrogen-bond acceptors (Lipinski definition) is 2. The molecule has 0 fully saturated rings. The van der Waals surface area contributed by atoms with E-state index in [2.05, 4.69) is 5.32 Å². The van der Waals surface area contributed by atoms with Crippen LogP contribution in [0.3, 0.4) is 0 Å². The highest BCUT2D eigenvalue weighted by molar-refractivity contribution is 6.33. The molecule has 0 atom stereocenters. The summed E-state index contributed by atoms with van der Waals surface area (Å²) in [7, 11) is 0. The maximum Gasteiger partial charge on any atom is 0.228 e. The fraction of sp³-hybridized carbons (Fsp3) is 0.133. The highest BCUT2D eigenvalue weighted by Crippen LogP contribution is 2.27. The largest absolute Gasteiger partial charge is 0.398 e. The van der Waals surface area contributed by atoms with Crippen LogP contribution in [0.1, 0.15) is 11.1 Å².